The fraction of sp³-hybridized carbons (Fsp3) is 0.520. The summed E-state index contributed by atoms with van der Waals surface area (Å²) in [5, 5.41) is 19.1. The molecule has 2 aliphatic heterocycles. The van der Waals surface area contributed by atoms with Crippen molar-refractivity contribution in [3.05, 3.63) is 59.7 Å². The van der Waals surface area contributed by atoms with Crippen LogP contribution < -0.4 is 15.5 Å². The summed E-state index contributed by atoms with van der Waals surface area (Å²) in [5.74, 6) is 0. The Kier molecular flexibility index (Phi) is 7.42. The van der Waals surface area contributed by atoms with Crippen LogP contribution in [0.2, 0.25) is 0 Å². The highest BCUT2D eigenvalue weighted by Gasteiger charge is 2.45. The maximum Gasteiger partial charge on any atom is 0.141 e. The summed E-state index contributed by atoms with van der Waals surface area (Å²) in [7, 11) is 4.31. The van der Waals surface area contributed by atoms with E-state index in [1.807, 2.05) is 11.8 Å². The van der Waals surface area contributed by atoms with Gasteiger partial charge in [-0.25, -0.2) is 0 Å². The molecule has 7 heteroatoms. The normalized spacial score (nSPS) is 26.0. The van der Waals surface area contributed by atoms with Crippen LogP contribution in [0.25, 0.3) is 0 Å². The Balaban J connectivity index is 1.38. The summed E-state index contributed by atoms with van der Waals surface area (Å²) in [6.07, 6.45) is 0.520. The van der Waals surface area contributed by atoms with Gasteiger partial charge in [-0.3, -0.25) is 5.32 Å². The molecule has 5 nitrogen and oxygen atoms in total. The third-order valence-corrected chi connectivity index (χ3v) is 8.85. The lowest BCUT2D eigenvalue weighted by Gasteiger charge is -2.30. The van der Waals surface area contributed by atoms with Crippen molar-refractivity contribution in [3.8, 4) is 0 Å². The van der Waals surface area contributed by atoms with Crippen LogP contribution in [0.3, 0.4) is 0 Å². The van der Waals surface area contributed by atoms with Crippen LogP contribution in [0.15, 0.2) is 48.5 Å². The molecule has 2 aromatic carbocycles. The second-order valence-electron chi connectivity index (χ2n) is 9.61. The molecule has 2 fully saturated rings. The van der Waals surface area contributed by atoms with Crippen molar-refractivity contribution in [2.24, 2.45) is 0 Å². The number of halogens is 1. The monoisotopic (exact) mass is 518 g/mol. The molecule has 2 heterocycles. The van der Waals surface area contributed by atoms with Crippen LogP contribution >= 0.6 is 27.7 Å². The van der Waals surface area contributed by atoms with Crippen molar-refractivity contribution in [2.75, 3.05) is 37.4 Å². The van der Waals surface area contributed by atoms with Crippen molar-refractivity contribution in [1.82, 2.24) is 10.2 Å². The van der Waals surface area contributed by atoms with E-state index in [9.17, 15) is 5.11 Å². The number of thioether (sulfide) groups is 1. The van der Waals surface area contributed by atoms with Gasteiger partial charge in [0.15, 0.2) is 0 Å². The molecule has 0 radical (unpaired) electrons. The maximum atomic E-state index is 11.1. The predicted molar refractivity (Wildman–Crippen MR) is 141 cm³/mol. The van der Waals surface area contributed by atoms with Crippen LogP contribution in [0, 0.1) is 0 Å². The molecule has 174 valence electrons. The predicted octanol–water partition coefficient (Wildman–Crippen LogP) is 4.63. The van der Waals surface area contributed by atoms with Crippen LogP contribution in [-0.2, 0) is 5.33 Å². The Bertz CT molecular complexity index is 890. The fourth-order valence-corrected chi connectivity index (χ4v) is 6.45. The first-order valence-corrected chi connectivity index (χ1v) is 13.3. The third kappa shape index (κ3) is 5.28. The summed E-state index contributed by atoms with van der Waals surface area (Å²) < 4.78 is -0.109. The van der Waals surface area contributed by atoms with Gasteiger partial charge in [0.05, 0.1) is 11.4 Å². The van der Waals surface area contributed by atoms with Crippen LogP contribution in [0.5, 0.6) is 0 Å². The molecule has 4 rings (SSSR count). The Labute approximate surface area is 205 Å². The molecule has 0 bridgehead atoms. The van der Waals surface area contributed by atoms with Crippen molar-refractivity contribution in [2.45, 2.75) is 54.0 Å². The molecule has 4 atom stereocenters. The van der Waals surface area contributed by atoms with Crippen molar-refractivity contribution in [1.29, 1.82) is 0 Å². The zero-order valence-electron chi connectivity index (χ0n) is 19.4. The SMILES string of the molecule is CN(C)C1CCN(c2ccc(NC(O)C3NC(c4ccc(CBr)cc4)SC3(C)C)cc2)C1. The quantitative estimate of drug-likeness (QED) is 0.366. The summed E-state index contributed by atoms with van der Waals surface area (Å²) in [6, 6.07) is 17.7. The number of anilines is 2. The van der Waals surface area contributed by atoms with E-state index in [0.29, 0.717) is 6.04 Å². The standard InChI is InChI=1S/C25H35BrN4OS/c1-25(2)22(28-24(32-25)18-7-5-17(15-26)6-8-18)23(31)27-19-9-11-20(12-10-19)30-14-13-21(16-30)29(3)4/h5-12,21-24,27-28,31H,13-16H2,1-4H3. The first-order valence-electron chi connectivity index (χ1n) is 11.3. The van der Waals surface area contributed by atoms with E-state index in [2.05, 4.69) is 113 Å². The summed E-state index contributed by atoms with van der Waals surface area (Å²) >= 11 is 5.38. The van der Waals surface area contributed by atoms with Gasteiger partial charge in [0.1, 0.15) is 6.23 Å². The van der Waals surface area contributed by atoms with Gasteiger partial charge in [-0.1, -0.05) is 40.2 Å². The smallest absolute Gasteiger partial charge is 0.141 e. The van der Waals surface area contributed by atoms with E-state index < -0.39 is 6.23 Å². The number of nitrogens with one attached hydrogen (secondary N) is 2. The molecule has 2 aromatic rings. The van der Waals surface area contributed by atoms with E-state index in [-0.39, 0.29) is 16.2 Å². The lowest BCUT2D eigenvalue weighted by Crippen LogP contribution is -2.50. The molecule has 0 spiro atoms. The minimum atomic E-state index is -0.680. The summed E-state index contributed by atoms with van der Waals surface area (Å²) in [5.41, 5.74) is 4.70. The number of nitrogens with zero attached hydrogens (tertiary/aromatic N) is 2. The molecular formula is C25H35BrN4OS. The molecule has 0 aliphatic carbocycles. The largest absolute Gasteiger partial charge is 0.372 e. The Morgan fingerprint density at radius 3 is 2.47 bits per heavy atom. The van der Waals surface area contributed by atoms with E-state index in [4.69, 9.17) is 0 Å². The zero-order chi connectivity index (χ0) is 22.9. The number of aliphatic hydroxyl groups excluding tert-OH is 1. The van der Waals surface area contributed by atoms with E-state index in [0.717, 1.165) is 24.1 Å². The molecule has 0 amide bonds. The van der Waals surface area contributed by atoms with Crippen molar-refractivity contribution < 1.29 is 5.11 Å². The lowest BCUT2D eigenvalue weighted by atomic mass is 10.0. The Hall–Kier alpha value is -1.25. The van der Waals surface area contributed by atoms with Gasteiger partial charge >= 0.3 is 0 Å². The van der Waals surface area contributed by atoms with Crippen molar-refractivity contribution in [3.63, 3.8) is 0 Å². The average Bonchev–Trinajstić information content (AvgIpc) is 3.39. The lowest BCUT2D eigenvalue weighted by molar-refractivity contribution is 0.142. The van der Waals surface area contributed by atoms with Crippen LogP contribution in [0.1, 0.15) is 36.8 Å². The first kappa shape index (κ1) is 23.9. The Morgan fingerprint density at radius 2 is 1.88 bits per heavy atom. The maximum absolute atomic E-state index is 11.1. The molecule has 32 heavy (non-hydrogen) atoms. The minimum absolute atomic E-state index is 0.0764. The molecule has 2 saturated heterocycles. The molecule has 3 N–H and O–H groups in total. The highest BCUT2D eigenvalue weighted by molar-refractivity contribution is 9.08. The van der Waals surface area contributed by atoms with Gasteiger partial charge in [-0.2, -0.15) is 0 Å². The molecule has 0 saturated carbocycles. The summed E-state index contributed by atoms with van der Waals surface area (Å²) in [4.78, 5) is 4.75. The van der Waals surface area contributed by atoms with Gasteiger partial charge < -0.3 is 20.2 Å². The van der Waals surface area contributed by atoms with Gasteiger partial charge in [0, 0.05) is 40.6 Å². The number of hydrogen-bond donors (Lipinski definition) is 3. The highest BCUT2D eigenvalue weighted by Crippen LogP contribution is 2.46. The highest BCUT2D eigenvalue weighted by atomic mass is 79.9. The van der Waals surface area contributed by atoms with Crippen LogP contribution in [0.4, 0.5) is 11.4 Å². The van der Waals surface area contributed by atoms with Gasteiger partial charge in [0.25, 0.3) is 0 Å². The fourth-order valence-electron chi connectivity index (χ4n) is 4.61. The number of hydrogen-bond acceptors (Lipinski definition) is 6. The van der Waals surface area contributed by atoms with E-state index in [1.54, 1.807) is 0 Å². The number of aliphatic hydroxyl groups is 1. The topological polar surface area (TPSA) is 50.8 Å². The Morgan fingerprint density at radius 1 is 1.19 bits per heavy atom. The molecular weight excluding hydrogens is 484 g/mol. The van der Waals surface area contributed by atoms with E-state index >= 15 is 0 Å². The average molecular weight is 520 g/mol. The number of rotatable bonds is 7. The van der Waals surface area contributed by atoms with Gasteiger partial charge in [0.2, 0.25) is 0 Å². The van der Waals surface area contributed by atoms with E-state index in [1.165, 1.54) is 23.2 Å². The van der Waals surface area contributed by atoms with Gasteiger partial charge in [-0.05, 0) is 69.8 Å². The molecule has 4 unspecified atom stereocenters. The van der Waals surface area contributed by atoms with Crippen molar-refractivity contribution >= 4 is 39.1 Å². The third-order valence-electron chi connectivity index (χ3n) is 6.69. The zero-order valence-corrected chi connectivity index (χ0v) is 21.8. The van der Waals surface area contributed by atoms with Gasteiger partial charge in [-0.15, -0.1) is 11.8 Å². The minimum Gasteiger partial charge on any atom is -0.372 e. The second kappa shape index (κ2) is 9.94. The summed E-state index contributed by atoms with van der Waals surface area (Å²) in [6.45, 7) is 6.56. The number of alkyl halides is 1. The number of likely N-dealkylation sites (N-methyl/N-ethyl adjacent to an activating group) is 1. The molecule has 2 aliphatic rings. The first-order chi connectivity index (χ1) is 15.3. The second-order valence-corrected chi connectivity index (χ2v) is 11.9. The molecule has 0 aromatic heterocycles. The number of benzene rings is 2. The van der Waals surface area contributed by atoms with Crippen LogP contribution in [-0.4, -0.2) is 60.2 Å².